The van der Waals surface area contributed by atoms with Crippen LogP contribution in [0.15, 0.2) is 267 Å². The summed E-state index contributed by atoms with van der Waals surface area (Å²) in [6.07, 6.45) is 0. The molecule has 0 nitrogen and oxygen atoms in total. The van der Waals surface area contributed by atoms with Crippen molar-refractivity contribution in [2.24, 2.45) is 0 Å². The summed E-state index contributed by atoms with van der Waals surface area (Å²) in [7, 11) is 0. The van der Waals surface area contributed by atoms with Gasteiger partial charge in [0, 0.05) is 0 Å². The molecule has 0 N–H and O–H groups in total. The van der Waals surface area contributed by atoms with Crippen molar-refractivity contribution in [3.05, 3.63) is 267 Å². The molecule has 14 rings (SSSR count). The number of rotatable bonds is 6. The Balaban J connectivity index is 0.931. The van der Waals surface area contributed by atoms with Crippen LogP contribution in [0, 0.1) is 0 Å². The maximum Gasteiger partial charge on any atom is -0.00926 e. The van der Waals surface area contributed by atoms with E-state index in [4.69, 9.17) is 0 Å². The average molecular weight is 885 g/mol. The lowest BCUT2D eigenvalue weighted by atomic mass is 9.86. The van der Waals surface area contributed by atoms with Crippen molar-refractivity contribution in [2.45, 2.75) is 0 Å². The zero-order chi connectivity index (χ0) is 46.1. The molecule has 0 saturated carbocycles. The number of hydrogen-bond acceptors (Lipinski definition) is 0. The summed E-state index contributed by atoms with van der Waals surface area (Å²) in [6.45, 7) is 0. The predicted octanol–water partition coefficient (Wildman–Crippen LogP) is 19.8. The molecule has 0 saturated heterocycles. The van der Waals surface area contributed by atoms with Crippen LogP contribution < -0.4 is 0 Å². The van der Waals surface area contributed by atoms with E-state index >= 15 is 0 Å². The minimum Gasteiger partial charge on any atom is -0.0622 e. The van der Waals surface area contributed by atoms with Gasteiger partial charge in [0.15, 0.2) is 0 Å². The molecule has 0 spiro atoms. The standard InChI is InChI=1S/C70H44/c1-3-17-45(18-4-1)65-41-53(49-23-15-21-47(37-49)51-33-35-63-59-29-9-7-25-55(59)57-27-11-13-31-61(57)67(63)39-51)44-70-66(46-19-5-2-6-20-46)42-54(43-69(65)70)50-24-16-22-48(38-50)52-34-36-64-60-30-10-8-26-56(60)58-28-12-14-32-62(58)68(64)40-52/h1-44H. The van der Waals surface area contributed by atoms with Crippen molar-refractivity contribution in [1.82, 2.24) is 0 Å². The molecular formula is C70H44. The van der Waals surface area contributed by atoms with Crippen LogP contribution in [0.1, 0.15) is 0 Å². The quantitative estimate of drug-likeness (QED) is 0.146. The monoisotopic (exact) mass is 884 g/mol. The first-order chi connectivity index (χ1) is 34.7. The van der Waals surface area contributed by atoms with E-state index in [1.165, 1.54) is 142 Å². The fraction of sp³-hybridized carbons (Fsp3) is 0. The van der Waals surface area contributed by atoms with Crippen LogP contribution >= 0.6 is 0 Å². The Morgan fingerprint density at radius 2 is 0.357 bits per heavy atom. The summed E-state index contributed by atoms with van der Waals surface area (Å²) >= 11 is 0. The van der Waals surface area contributed by atoms with E-state index in [1.54, 1.807) is 0 Å². The van der Waals surface area contributed by atoms with Crippen LogP contribution in [0.2, 0.25) is 0 Å². The first-order valence-corrected chi connectivity index (χ1v) is 24.3. The molecule has 0 fully saturated rings. The zero-order valence-corrected chi connectivity index (χ0v) is 38.4. The molecule has 0 unspecified atom stereocenters. The summed E-state index contributed by atoms with van der Waals surface area (Å²) in [5.74, 6) is 0. The summed E-state index contributed by atoms with van der Waals surface area (Å²) < 4.78 is 0. The second-order valence-corrected chi connectivity index (χ2v) is 18.7. The molecule has 0 heteroatoms. The van der Waals surface area contributed by atoms with Crippen LogP contribution in [0.25, 0.3) is 142 Å². The second-order valence-electron chi connectivity index (χ2n) is 18.7. The van der Waals surface area contributed by atoms with Gasteiger partial charge in [0.05, 0.1) is 0 Å². The lowest BCUT2D eigenvalue weighted by Crippen LogP contribution is -1.91. The van der Waals surface area contributed by atoms with Crippen LogP contribution in [-0.2, 0) is 0 Å². The second kappa shape index (κ2) is 16.3. The topological polar surface area (TPSA) is 0 Å². The maximum absolute atomic E-state index is 2.42. The van der Waals surface area contributed by atoms with Crippen LogP contribution in [0.4, 0.5) is 0 Å². The van der Waals surface area contributed by atoms with Gasteiger partial charge in [-0.25, -0.2) is 0 Å². The number of benzene rings is 14. The fourth-order valence-corrected chi connectivity index (χ4v) is 11.4. The van der Waals surface area contributed by atoms with Crippen molar-refractivity contribution < 1.29 is 0 Å². The van der Waals surface area contributed by atoms with Gasteiger partial charge in [-0.2, -0.15) is 0 Å². The van der Waals surface area contributed by atoms with Gasteiger partial charge in [0.2, 0.25) is 0 Å². The molecule has 0 aromatic heterocycles. The third-order valence-electron chi connectivity index (χ3n) is 14.8. The van der Waals surface area contributed by atoms with Crippen LogP contribution in [-0.4, -0.2) is 0 Å². The van der Waals surface area contributed by atoms with E-state index in [9.17, 15) is 0 Å². The zero-order valence-electron chi connectivity index (χ0n) is 38.4. The molecule has 0 atom stereocenters. The molecule has 0 aliphatic heterocycles. The van der Waals surface area contributed by atoms with Crippen molar-refractivity contribution in [3.8, 4) is 66.8 Å². The highest BCUT2D eigenvalue weighted by Crippen LogP contribution is 2.44. The first kappa shape index (κ1) is 40.0. The Kier molecular flexibility index (Phi) is 9.32. The van der Waals surface area contributed by atoms with Gasteiger partial charge >= 0.3 is 0 Å². The third kappa shape index (κ3) is 6.61. The molecule has 324 valence electrons. The Hall–Kier alpha value is -9.10. The lowest BCUT2D eigenvalue weighted by Gasteiger charge is -2.18. The molecule has 0 aliphatic carbocycles. The Labute approximate surface area is 407 Å². The highest BCUT2D eigenvalue weighted by atomic mass is 14.2. The van der Waals surface area contributed by atoms with E-state index in [0.29, 0.717) is 0 Å². The van der Waals surface area contributed by atoms with E-state index in [0.717, 1.165) is 0 Å². The van der Waals surface area contributed by atoms with Gasteiger partial charge in [-0.3, -0.25) is 0 Å². The van der Waals surface area contributed by atoms with Gasteiger partial charge in [-0.15, -0.1) is 0 Å². The first-order valence-electron chi connectivity index (χ1n) is 24.3. The molecule has 14 aromatic rings. The smallest absolute Gasteiger partial charge is 0.00926 e. The Morgan fingerprint density at radius 1 is 0.114 bits per heavy atom. The highest BCUT2D eigenvalue weighted by molar-refractivity contribution is 6.27. The molecule has 70 heavy (non-hydrogen) atoms. The van der Waals surface area contributed by atoms with E-state index in [2.05, 4.69) is 267 Å². The Bertz CT molecular complexity index is 4030. The Morgan fingerprint density at radius 3 is 0.700 bits per heavy atom. The third-order valence-corrected chi connectivity index (χ3v) is 14.8. The van der Waals surface area contributed by atoms with Crippen molar-refractivity contribution >= 4 is 75.4 Å². The molecule has 0 bridgehead atoms. The fourth-order valence-electron chi connectivity index (χ4n) is 11.4. The SMILES string of the molecule is c1ccc(-c2cc(-c3cccc(-c4ccc5c6ccccc6c6ccccc6c5c4)c3)cc3c(-c4ccccc4)cc(-c4cccc(-c5ccc6c7ccccc7c7ccccc7c6c5)c4)cc23)cc1. The maximum atomic E-state index is 2.42. The van der Waals surface area contributed by atoms with Crippen molar-refractivity contribution in [3.63, 3.8) is 0 Å². The van der Waals surface area contributed by atoms with E-state index in [-0.39, 0.29) is 0 Å². The van der Waals surface area contributed by atoms with Gasteiger partial charge in [0.25, 0.3) is 0 Å². The van der Waals surface area contributed by atoms with Crippen LogP contribution in [0.3, 0.4) is 0 Å². The summed E-state index contributed by atoms with van der Waals surface area (Å²) in [5.41, 5.74) is 14.4. The van der Waals surface area contributed by atoms with Crippen molar-refractivity contribution in [1.29, 1.82) is 0 Å². The molecular weight excluding hydrogens is 841 g/mol. The molecule has 0 heterocycles. The minimum atomic E-state index is 1.19. The molecule has 0 amide bonds. The summed E-state index contributed by atoms with van der Waals surface area (Å²) in [6, 6.07) is 99.0. The van der Waals surface area contributed by atoms with Crippen molar-refractivity contribution in [2.75, 3.05) is 0 Å². The van der Waals surface area contributed by atoms with Crippen LogP contribution in [0.5, 0.6) is 0 Å². The number of fused-ring (bicyclic) bond motifs is 13. The molecule has 0 radical (unpaired) electrons. The summed E-state index contributed by atoms with van der Waals surface area (Å²) in [4.78, 5) is 0. The lowest BCUT2D eigenvalue weighted by molar-refractivity contribution is 1.58. The average Bonchev–Trinajstić information content (AvgIpc) is 3.45. The minimum absolute atomic E-state index is 1.19. The highest BCUT2D eigenvalue weighted by Gasteiger charge is 2.17. The normalized spacial score (nSPS) is 11.7. The van der Waals surface area contributed by atoms with Gasteiger partial charge in [0.1, 0.15) is 0 Å². The van der Waals surface area contributed by atoms with Gasteiger partial charge in [-0.1, -0.05) is 218 Å². The summed E-state index contributed by atoms with van der Waals surface area (Å²) in [5, 5.41) is 17.9. The van der Waals surface area contributed by atoms with E-state index in [1.807, 2.05) is 0 Å². The van der Waals surface area contributed by atoms with E-state index < -0.39 is 0 Å². The predicted molar refractivity (Wildman–Crippen MR) is 302 cm³/mol. The van der Waals surface area contributed by atoms with Gasteiger partial charge in [-0.05, 0) is 191 Å². The van der Waals surface area contributed by atoms with Gasteiger partial charge < -0.3 is 0 Å². The molecule has 14 aromatic carbocycles. The largest absolute Gasteiger partial charge is 0.0622 e. The number of hydrogen-bond donors (Lipinski definition) is 0. The molecule has 0 aliphatic rings.